The molecular formula is C10H15N3O. The van der Waals surface area contributed by atoms with E-state index in [9.17, 15) is 4.79 Å². The molecule has 1 aromatic rings. The highest BCUT2D eigenvalue weighted by molar-refractivity contribution is 5.46. The van der Waals surface area contributed by atoms with E-state index in [-0.39, 0.29) is 6.04 Å². The molecule has 1 rings (SSSR count). The van der Waals surface area contributed by atoms with E-state index in [2.05, 4.69) is 10.3 Å². The number of likely N-dealkylation sites (N-methyl/N-ethyl adjacent to an activating group) is 1. The van der Waals surface area contributed by atoms with Crippen LogP contribution in [0.1, 0.15) is 11.6 Å². The Morgan fingerprint density at radius 3 is 2.93 bits per heavy atom. The number of hydrogen-bond acceptors (Lipinski definition) is 3. The van der Waals surface area contributed by atoms with Crippen molar-refractivity contribution in [3.63, 3.8) is 0 Å². The second-order valence-electron chi connectivity index (χ2n) is 3.29. The van der Waals surface area contributed by atoms with Crippen LogP contribution in [0.2, 0.25) is 0 Å². The number of carbonyl (C=O) groups is 1. The Labute approximate surface area is 83.9 Å². The highest BCUT2D eigenvalue weighted by Gasteiger charge is 2.12. The maximum absolute atomic E-state index is 10.2. The summed E-state index contributed by atoms with van der Waals surface area (Å²) in [4.78, 5) is 16.3. The third-order valence-corrected chi connectivity index (χ3v) is 2.09. The highest BCUT2D eigenvalue weighted by Crippen LogP contribution is 2.15. The molecule has 0 aliphatic rings. The average molecular weight is 193 g/mol. The van der Waals surface area contributed by atoms with E-state index in [4.69, 9.17) is 0 Å². The first-order valence-electron chi connectivity index (χ1n) is 4.49. The van der Waals surface area contributed by atoms with Crippen molar-refractivity contribution in [3.05, 3.63) is 30.1 Å². The maximum atomic E-state index is 10.2. The predicted molar refractivity (Wildman–Crippen MR) is 54.7 cm³/mol. The molecule has 0 saturated carbocycles. The van der Waals surface area contributed by atoms with Crippen molar-refractivity contribution in [2.24, 2.45) is 0 Å². The Morgan fingerprint density at radius 2 is 2.43 bits per heavy atom. The molecule has 1 aromatic heterocycles. The molecule has 1 atom stereocenters. The largest absolute Gasteiger partial charge is 0.357 e. The number of pyridine rings is 1. The molecule has 4 nitrogen and oxygen atoms in total. The number of nitrogens with zero attached hydrogens (tertiary/aromatic N) is 2. The van der Waals surface area contributed by atoms with Gasteiger partial charge >= 0.3 is 0 Å². The van der Waals surface area contributed by atoms with E-state index in [1.54, 1.807) is 6.20 Å². The quantitative estimate of drug-likeness (QED) is 0.690. The van der Waals surface area contributed by atoms with E-state index in [0.717, 1.165) is 5.56 Å². The molecule has 0 aliphatic heterocycles. The van der Waals surface area contributed by atoms with Gasteiger partial charge in [0.15, 0.2) is 0 Å². The maximum Gasteiger partial charge on any atom is 0.207 e. The van der Waals surface area contributed by atoms with E-state index < -0.39 is 0 Å². The van der Waals surface area contributed by atoms with Crippen molar-refractivity contribution in [1.82, 2.24) is 15.2 Å². The summed E-state index contributed by atoms with van der Waals surface area (Å²) < 4.78 is 0. The minimum Gasteiger partial charge on any atom is -0.357 e. The lowest BCUT2D eigenvalue weighted by Gasteiger charge is -2.23. The molecule has 0 aliphatic carbocycles. The zero-order valence-electron chi connectivity index (χ0n) is 8.47. The molecule has 4 heteroatoms. The van der Waals surface area contributed by atoms with Gasteiger partial charge in [0.25, 0.3) is 0 Å². The number of rotatable bonds is 5. The van der Waals surface area contributed by atoms with E-state index in [1.165, 1.54) is 0 Å². The second kappa shape index (κ2) is 5.34. The first-order chi connectivity index (χ1) is 6.75. The lowest BCUT2D eigenvalue weighted by molar-refractivity contribution is -0.109. The number of aromatic nitrogens is 1. The van der Waals surface area contributed by atoms with Gasteiger partial charge in [-0.1, -0.05) is 6.07 Å². The molecule has 1 N–H and O–H groups in total. The van der Waals surface area contributed by atoms with Crippen molar-refractivity contribution >= 4 is 6.41 Å². The van der Waals surface area contributed by atoms with Crippen LogP contribution in [-0.4, -0.2) is 36.9 Å². The second-order valence-corrected chi connectivity index (χ2v) is 3.29. The van der Waals surface area contributed by atoms with E-state index in [1.807, 2.05) is 37.3 Å². The lowest BCUT2D eigenvalue weighted by atomic mass is 10.1. The summed E-state index contributed by atoms with van der Waals surface area (Å²) in [6.45, 7) is 0.599. The van der Waals surface area contributed by atoms with Gasteiger partial charge in [0, 0.05) is 18.9 Å². The summed E-state index contributed by atoms with van der Waals surface area (Å²) >= 11 is 0. The van der Waals surface area contributed by atoms with Crippen molar-refractivity contribution in [3.8, 4) is 0 Å². The molecule has 1 heterocycles. The van der Waals surface area contributed by atoms with Gasteiger partial charge in [0.2, 0.25) is 6.41 Å². The van der Waals surface area contributed by atoms with Crippen molar-refractivity contribution < 1.29 is 4.79 Å². The van der Waals surface area contributed by atoms with Gasteiger partial charge < -0.3 is 10.2 Å². The normalized spacial score (nSPS) is 12.5. The van der Waals surface area contributed by atoms with Gasteiger partial charge in [-0.2, -0.15) is 0 Å². The van der Waals surface area contributed by atoms with Crippen LogP contribution in [0.15, 0.2) is 24.5 Å². The summed E-state index contributed by atoms with van der Waals surface area (Å²) in [5.41, 5.74) is 1.10. The van der Waals surface area contributed by atoms with E-state index >= 15 is 0 Å². The van der Waals surface area contributed by atoms with Gasteiger partial charge in [-0.3, -0.25) is 9.78 Å². The first-order valence-corrected chi connectivity index (χ1v) is 4.49. The topological polar surface area (TPSA) is 45.2 Å². The third-order valence-electron chi connectivity index (χ3n) is 2.09. The molecule has 0 radical (unpaired) electrons. The average Bonchev–Trinajstić information content (AvgIpc) is 2.19. The van der Waals surface area contributed by atoms with Crippen LogP contribution in [0.4, 0.5) is 0 Å². The zero-order chi connectivity index (χ0) is 10.4. The number of amides is 1. The molecule has 0 spiro atoms. The number of hydrogen-bond donors (Lipinski definition) is 1. The Hall–Kier alpha value is -1.42. The lowest BCUT2D eigenvalue weighted by Crippen LogP contribution is -2.30. The summed E-state index contributed by atoms with van der Waals surface area (Å²) in [6, 6.07) is 4.07. The Kier molecular flexibility index (Phi) is 4.07. The fourth-order valence-corrected chi connectivity index (χ4v) is 1.33. The minimum atomic E-state index is 0.175. The van der Waals surface area contributed by atoms with Crippen LogP contribution in [-0.2, 0) is 4.79 Å². The van der Waals surface area contributed by atoms with E-state index in [0.29, 0.717) is 13.0 Å². The van der Waals surface area contributed by atoms with Crippen LogP contribution in [0.3, 0.4) is 0 Å². The molecule has 0 bridgehead atoms. The number of carbonyl (C=O) groups excluding carboxylic acids is 1. The summed E-state index contributed by atoms with van der Waals surface area (Å²) in [6.07, 6.45) is 4.27. The van der Waals surface area contributed by atoms with Crippen LogP contribution >= 0.6 is 0 Å². The summed E-state index contributed by atoms with van der Waals surface area (Å²) in [5, 5.41) is 2.68. The van der Waals surface area contributed by atoms with Gasteiger partial charge in [-0.15, -0.1) is 0 Å². The third kappa shape index (κ3) is 2.81. The molecule has 76 valence electrons. The van der Waals surface area contributed by atoms with Crippen LogP contribution < -0.4 is 5.32 Å². The molecule has 0 saturated heterocycles. The molecule has 1 unspecified atom stereocenters. The fourth-order valence-electron chi connectivity index (χ4n) is 1.33. The number of nitrogens with one attached hydrogen (secondary N) is 1. The minimum absolute atomic E-state index is 0.175. The van der Waals surface area contributed by atoms with Crippen molar-refractivity contribution in [2.45, 2.75) is 6.04 Å². The van der Waals surface area contributed by atoms with Crippen LogP contribution in [0.25, 0.3) is 0 Å². The van der Waals surface area contributed by atoms with Crippen LogP contribution in [0, 0.1) is 0 Å². The SMILES string of the molecule is CN(C)C(CNC=O)c1cccnc1. The molecule has 14 heavy (non-hydrogen) atoms. The molecule has 0 aromatic carbocycles. The predicted octanol–water partition coefficient (Wildman–Crippen LogP) is 0.430. The molecule has 0 fully saturated rings. The first kappa shape index (κ1) is 10.7. The monoisotopic (exact) mass is 193 g/mol. The Morgan fingerprint density at radius 1 is 1.64 bits per heavy atom. The van der Waals surface area contributed by atoms with Gasteiger partial charge in [0.1, 0.15) is 0 Å². The van der Waals surface area contributed by atoms with Crippen molar-refractivity contribution in [1.29, 1.82) is 0 Å². The van der Waals surface area contributed by atoms with Gasteiger partial charge in [-0.25, -0.2) is 0 Å². The Balaban J connectivity index is 2.72. The van der Waals surface area contributed by atoms with Gasteiger partial charge in [0.05, 0.1) is 6.04 Å². The fraction of sp³-hybridized carbons (Fsp3) is 0.400. The standard InChI is InChI=1S/C10H15N3O/c1-13(2)10(7-12-8-14)9-4-3-5-11-6-9/h3-6,8,10H,7H2,1-2H3,(H,12,14). The summed E-state index contributed by atoms with van der Waals surface area (Å²) in [5.74, 6) is 0. The molecular weight excluding hydrogens is 178 g/mol. The zero-order valence-corrected chi connectivity index (χ0v) is 8.47. The smallest absolute Gasteiger partial charge is 0.207 e. The van der Waals surface area contributed by atoms with Gasteiger partial charge in [-0.05, 0) is 25.7 Å². The van der Waals surface area contributed by atoms with Crippen molar-refractivity contribution in [2.75, 3.05) is 20.6 Å². The highest BCUT2D eigenvalue weighted by atomic mass is 16.1. The Bertz CT molecular complexity index is 274. The summed E-state index contributed by atoms with van der Waals surface area (Å²) in [7, 11) is 3.95. The molecule has 1 amide bonds. The van der Waals surface area contributed by atoms with Crippen LogP contribution in [0.5, 0.6) is 0 Å².